The van der Waals surface area contributed by atoms with Gasteiger partial charge in [-0.15, -0.1) is 11.3 Å². The smallest absolute Gasteiger partial charge is 0.181 e. The molecule has 4 aromatic rings. The van der Waals surface area contributed by atoms with E-state index in [2.05, 4.69) is 35.2 Å². The van der Waals surface area contributed by atoms with E-state index in [9.17, 15) is 0 Å². The molecular formula is C21H24N4OS. The Hall–Kier alpha value is -2.31. The standard InChI is InChI=1S/C20H20N4S.CH4O/c1-3-4-15-8-17-16(12-5-6-12)9-18(22-20(17)25-15)13-7-14-11-24(2)23-19(14)21-10-13;1-2/h7-12H,3-6H2,1-2H3;2H,1H3. The van der Waals surface area contributed by atoms with Gasteiger partial charge in [0.2, 0.25) is 0 Å². The molecule has 1 aliphatic rings. The van der Waals surface area contributed by atoms with Crippen molar-refractivity contribution in [3.05, 3.63) is 41.0 Å². The van der Waals surface area contributed by atoms with E-state index in [0.29, 0.717) is 5.92 Å². The van der Waals surface area contributed by atoms with Crippen LogP contribution in [0.1, 0.15) is 42.5 Å². The number of aromatic nitrogens is 4. The molecule has 4 aromatic heterocycles. The molecule has 0 saturated heterocycles. The van der Waals surface area contributed by atoms with Gasteiger partial charge < -0.3 is 5.11 Å². The van der Waals surface area contributed by atoms with Crippen LogP contribution in [-0.2, 0) is 13.5 Å². The number of hydrogen-bond acceptors (Lipinski definition) is 5. The Kier molecular flexibility index (Phi) is 4.93. The van der Waals surface area contributed by atoms with Gasteiger partial charge in [-0.25, -0.2) is 9.97 Å². The van der Waals surface area contributed by atoms with E-state index in [0.717, 1.165) is 35.8 Å². The van der Waals surface area contributed by atoms with Crippen LogP contribution in [-0.4, -0.2) is 32.0 Å². The zero-order valence-corrected chi connectivity index (χ0v) is 16.8. The molecule has 5 rings (SSSR count). The van der Waals surface area contributed by atoms with E-state index in [1.54, 1.807) is 0 Å². The molecule has 140 valence electrons. The summed E-state index contributed by atoms with van der Waals surface area (Å²) in [5.74, 6) is 0.711. The Balaban J connectivity index is 0.000000872. The fraction of sp³-hybridized carbons (Fsp3) is 0.381. The van der Waals surface area contributed by atoms with Crippen LogP contribution in [0.3, 0.4) is 0 Å². The second-order valence-electron chi connectivity index (χ2n) is 6.99. The maximum absolute atomic E-state index is 7.00. The molecule has 0 atom stereocenters. The maximum Gasteiger partial charge on any atom is 0.181 e. The van der Waals surface area contributed by atoms with E-state index < -0.39 is 0 Å². The molecule has 0 spiro atoms. The number of rotatable bonds is 4. The van der Waals surface area contributed by atoms with Crippen molar-refractivity contribution in [1.82, 2.24) is 19.7 Å². The van der Waals surface area contributed by atoms with Gasteiger partial charge in [0.15, 0.2) is 5.65 Å². The van der Waals surface area contributed by atoms with Crippen molar-refractivity contribution in [3.63, 3.8) is 0 Å². The minimum absolute atomic E-state index is 0.711. The molecule has 1 fully saturated rings. The van der Waals surface area contributed by atoms with E-state index in [-0.39, 0.29) is 0 Å². The normalized spacial score (nSPS) is 13.8. The van der Waals surface area contributed by atoms with Crippen molar-refractivity contribution in [3.8, 4) is 11.3 Å². The van der Waals surface area contributed by atoms with Crippen LogP contribution >= 0.6 is 11.3 Å². The third-order valence-corrected chi connectivity index (χ3v) is 5.96. The molecule has 1 saturated carbocycles. The summed E-state index contributed by atoms with van der Waals surface area (Å²) in [4.78, 5) is 12.1. The predicted octanol–water partition coefficient (Wildman–Crippen LogP) is 4.68. The van der Waals surface area contributed by atoms with Crippen molar-refractivity contribution >= 4 is 32.6 Å². The average Bonchev–Trinajstić information content (AvgIpc) is 3.33. The van der Waals surface area contributed by atoms with Crippen LogP contribution in [0.25, 0.3) is 32.5 Å². The first kappa shape index (κ1) is 18.1. The topological polar surface area (TPSA) is 63.8 Å². The van der Waals surface area contributed by atoms with Crippen molar-refractivity contribution in [2.45, 2.75) is 38.5 Å². The van der Waals surface area contributed by atoms with Crippen molar-refractivity contribution in [2.24, 2.45) is 7.05 Å². The molecule has 27 heavy (non-hydrogen) atoms. The predicted molar refractivity (Wildman–Crippen MR) is 111 cm³/mol. The van der Waals surface area contributed by atoms with E-state index >= 15 is 0 Å². The molecule has 0 unspecified atom stereocenters. The van der Waals surface area contributed by atoms with Gasteiger partial charge in [-0.1, -0.05) is 13.3 Å². The molecule has 6 heteroatoms. The first-order valence-corrected chi connectivity index (χ1v) is 10.2. The Morgan fingerprint density at radius 1 is 1.22 bits per heavy atom. The second kappa shape index (κ2) is 7.37. The van der Waals surface area contributed by atoms with Crippen LogP contribution < -0.4 is 0 Å². The van der Waals surface area contributed by atoms with Crippen molar-refractivity contribution in [1.29, 1.82) is 0 Å². The molecule has 0 radical (unpaired) electrons. The summed E-state index contributed by atoms with van der Waals surface area (Å²) in [6, 6.07) is 6.82. The van der Waals surface area contributed by atoms with Gasteiger partial charge in [0.25, 0.3) is 0 Å². The minimum atomic E-state index is 0.711. The minimum Gasteiger partial charge on any atom is -0.400 e. The maximum atomic E-state index is 7.00. The summed E-state index contributed by atoms with van der Waals surface area (Å²) in [6.45, 7) is 2.24. The van der Waals surface area contributed by atoms with Gasteiger partial charge in [-0.3, -0.25) is 4.68 Å². The fourth-order valence-electron chi connectivity index (χ4n) is 3.51. The molecular weight excluding hydrogens is 356 g/mol. The first-order valence-electron chi connectivity index (χ1n) is 9.39. The molecule has 0 amide bonds. The van der Waals surface area contributed by atoms with Gasteiger partial charge in [0, 0.05) is 47.8 Å². The number of hydrogen-bond donors (Lipinski definition) is 1. The lowest BCUT2D eigenvalue weighted by Gasteiger charge is -2.06. The SMILES string of the molecule is CCCc1cc2c(C3CC3)cc(-c3cnc4nn(C)cc4c3)nc2s1.CO. The molecule has 1 N–H and O–H groups in total. The van der Waals surface area contributed by atoms with E-state index in [1.165, 1.54) is 39.9 Å². The van der Waals surface area contributed by atoms with Gasteiger partial charge >= 0.3 is 0 Å². The molecule has 0 aromatic carbocycles. The third-order valence-electron chi connectivity index (χ3n) is 4.87. The number of thiophene rings is 1. The number of pyridine rings is 2. The van der Waals surface area contributed by atoms with E-state index in [1.807, 2.05) is 35.5 Å². The summed E-state index contributed by atoms with van der Waals surface area (Å²) in [5, 5.41) is 13.8. The van der Waals surface area contributed by atoms with Crippen molar-refractivity contribution in [2.75, 3.05) is 7.11 Å². The fourth-order valence-corrected chi connectivity index (χ4v) is 4.67. The summed E-state index contributed by atoms with van der Waals surface area (Å²) in [7, 11) is 2.93. The third kappa shape index (κ3) is 3.47. The number of nitrogens with zero attached hydrogens (tertiary/aromatic N) is 4. The highest BCUT2D eigenvalue weighted by Crippen LogP contribution is 2.45. The van der Waals surface area contributed by atoms with Crippen molar-refractivity contribution < 1.29 is 5.11 Å². The highest BCUT2D eigenvalue weighted by Gasteiger charge is 2.27. The summed E-state index contributed by atoms with van der Waals surface area (Å²) in [6.07, 6.45) is 8.84. The highest BCUT2D eigenvalue weighted by molar-refractivity contribution is 7.18. The van der Waals surface area contributed by atoms with Gasteiger partial charge in [0.05, 0.1) is 5.69 Å². The van der Waals surface area contributed by atoms with Crippen LogP contribution in [0.15, 0.2) is 30.6 Å². The molecule has 4 heterocycles. The molecule has 0 bridgehead atoms. The van der Waals surface area contributed by atoms with E-state index in [4.69, 9.17) is 10.1 Å². The number of aryl methyl sites for hydroxylation is 2. The van der Waals surface area contributed by atoms with Crippen LogP contribution in [0.2, 0.25) is 0 Å². The largest absolute Gasteiger partial charge is 0.400 e. The summed E-state index contributed by atoms with van der Waals surface area (Å²) < 4.78 is 1.81. The Bertz CT molecular complexity index is 1090. The zero-order chi connectivity index (χ0) is 19.0. The number of aliphatic hydroxyl groups is 1. The summed E-state index contributed by atoms with van der Waals surface area (Å²) in [5.41, 5.74) is 4.38. The quantitative estimate of drug-likeness (QED) is 0.558. The Labute approximate surface area is 162 Å². The second-order valence-corrected chi connectivity index (χ2v) is 8.11. The lowest BCUT2D eigenvalue weighted by atomic mass is 10.0. The molecule has 0 aliphatic heterocycles. The van der Waals surface area contributed by atoms with Crippen LogP contribution in [0.4, 0.5) is 0 Å². The van der Waals surface area contributed by atoms with Gasteiger partial charge in [-0.2, -0.15) is 5.10 Å². The monoisotopic (exact) mass is 380 g/mol. The lowest BCUT2D eigenvalue weighted by molar-refractivity contribution is 0.399. The molecule has 1 aliphatic carbocycles. The Morgan fingerprint density at radius 2 is 2.04 bits per heavy atom. The highest BCUT2D eigenvalue weighted by atomic mass is 32.1. The Morgan fingerprint density at radius 3 is 2.78 bits per heavy atom. The zero-order valence-electron chi connectivity index (χ0n) is 15.9. The van der Waals surface area contributed by atoms with Gasteiger partial charge in [-0.05, 0) is 48.9 Å². The lowest BCUT2D eigenvalue weighted by Crippen LogP contribution is -1.90. The first-order chi connectivity index (χ1) is 13.2. The van der Waals surface area contributed by atoms with Gasteiger partial charge in [0.1, 0.15) is 4.83 Å². The van der Waals surface area contributed by atoms with Crippen LogP contribution in [0.5, 0.6) is 0 Å². The summed E-state index contributed by atoms with van der Waals surface area (Å²) >= 11 is 1.85. The number of fused-ring (bicyclic) bond motifs is 2. The van der Waals surface area contributed by atoms with Crippen LogP contribution in [0, 0.1) is 0 Å². The average molecular weight is 381 g/mol. The number of aliphatic hydroxyl groups excluding tert-OH is 1. The molecule has 5 nitrogen and oxygen atoms in total.